The second-order valence-electron chi connectivity index (χ2n) is 5.38. The number of rotatable bonds is 3. The van der Waals surface area contributed by atoms with Crippen LogP contribution < -0.4 is 5.73 Å². The van der Waals surface area contributed by atoms with E-state index in [2.05, 4.69) is 49.4 Å². The Bertz CT molecular complexity index is 527. The van der Waals surface area contributed by atoms with E-state index in [1.54, 1.807) is 0 Å². The summed E-state index contributed by atoms with van der Waals surface area (Å²) in [5, 5.41) is 2.68. The maximum absolute atomic E-state index is 6.29. The topological polar surface area (TPSA) is 26.0 Å². The van der Waals surface area contributed by atoms with E-state index >= 15 is 0 Å². The van der Waals surface area contributed by atoms with Crippen molar-refractivity contribution in [2.24, 2.45) is 17.6 Å². The van der Waals surface area contributed by atoms with Crippen molar-refractivity contribution in [3.8, 4) is 0 Å². The Balaban J connectivity index is 1.89. The van der Waals surface area contributed by atoms with Crippen LogP contribution in [0.4, 0.5) is 0 Å². The zero-order valence-corrected chi connectivity index (χ0v) is 10.3. The van der Waals surface area contributed by atoms with Gasteiger partial charge in [0, 0.05) is 6.04 Å². The van der Waals surface area contributed by atoms with Crippen LogP contribution in [0.5, 0.6) is 0 Å². The summed E-state index contributed by atoms with van der Waals surface area (Å²) >= 11 is 0. The molecule has 0 aromatic heterocycles. The molecule has 1 fully saturated rings. The molecule has 0 radical (unpaired) electrons. The van der Waals surface area contributed by atoms with Gasteiger partial charge in [-0.25, -0.2) is 0 Å². The minimum Gasteiger partial charge on any atom is -0.327 e. The van der Waals surface area contributed by atoms with Gasteiger partial charge in [0.2, 0.25) is 0 Å². The van der Waals surface area contributed by atoms with Gasteiger partial charge in [0.15, 0.2) is 0 Å². The van der Waals surface area contributed by atoms with Crippen molar-refractivity contribution in [1.82, 2.24) is 0 Å². The van der Waals surface area contributed by atoms with Crippen LogP contribution in [0.3, 0.4) is 0 Å². The van der Waals surface area contributed by atoms with Gasteiger partial charge >= 0.3 is 0 Å². The lowest BCUT2D eigenvalue weighted by Crippen LogP contribution is -2.26. The van der Waals surface area contributed by atoms with Crippen molar-refractivity contribution in [3.63, 3.8) is 0 Å². The molecular formula is C16H19N. The first-order valence-corrected chi connectivity index (χ1v) is 6.48. The molecule has 0 aliphatic heterocycles. The van der Waals surface area contributed by atoms with Crippen molar-refractivity contribution in [2.75, 3.05) is 0 Å². The highest BCUT2D eigenvalue weighted by Crippen LogP contribution is 2.40. The summed E-state index contributed by atoms with van der Waals surface area (Å²) in [6, 6.07) is 15.4. The van der Waals surface area contributed by atoms with Crippen molar-refractivity contribution in [3.05, 3.63) is 48.0 Å². The first kappa shape index (κ1) is 10.8. The standard InChI is InChI=1S/C16H19N/c1-11-9-15(11)16(17)10-13-7-4-6-12-5-2-3-8-14(12)13/h2-8,11,15-16H,9-10,17H2,1H3. The monoisotopic (exact) mass is 225 g/mol. The van der Waals surface area contributed by atoms with Crippen molar-refractivity contribution in [1.29, 1.82) is 0 Å². The summed E-state index contributed by atoms with van der Waals surface area (Å²) in [7, 11) is 0. The van der Waals surface area contributed by atoms with Gasteiger partial charge in [-0.3, -0.25) is 0 Å². The van der Waals surface area contributed by atoms with E-state index in [1.165, 1.54) is 22.8 Å². The van der Waals surface area contributed by atoms with Gasteiger partial charge in [-0.2, -0.15) is 0 Å². The molecule has 0 saturated heterocycles. The van der Waals surface area contributed by atoms with E-state index in [1.807, 2.05) is 0 Å². The zero-order chi connectivity index (χ0) is 11.8. The van der Waals surface area contributed by atoms with Crippen molar-refractivity contribution >= 4 is 10.8 Å². The van der Waals surface area contributed by atoms with Gasteiger partial charge in [0.25, 0.3) is 0 Å². The molecule has 1 heteroatoms. The van der Waals surface area contributed by atoms with Crippen LogP contribution in [0.1, 0.15) is 18.9 Å². The number of fused-ring (bicyclic) bond motifs is 1. The third-order valence-electron chi connectivity index (χ3n) is 4.06. The summed E-state index contributed by atoms with van der Waals surface area (Å²) < 4.78 is 0. The van der Waals surface area contributed by atoms with E-state index < -0.39 is 0 Å². The third-order valence-corrected chi connectivity index (χ3v) is 4.06. The number of hydrogen-bond acceptors (Lipinski definition) is 1. The first-order valence-electron chi connectivity index (χ1n) is 6.48. The lowest BCUT2D eigenvalue weighted by molar-refractivity contribution is 0.561. The van der Waals surface area contributed by atoms with Crippen LogP contribution >= 0.6 is 0 Å². The summed E-state index contributed by atoms with van der Waals surface area (Å²) in [6.45, 7) is 2.30. The Hall–Kier alpha value is -1.34. The van der Waals surface area contributed by atoms with Gasteiger partial charge in [-0.1, -0.05) is 49.4 Å². The predicted octanol–water partition coefficient (Wildman–Crippen LogP) is 3.37. The smallest absolute Gasteiger partial charge is 0.0111 e. The molecule has 2 N–H and O–H groups in total. The fourth-order valence-electron chi connectivity index (χ4n) is 2.82. The van der Waals surface area contributed by atoms with Crippen LogP contribution in [-0.2, 0) is 6.42 Å². The molecule has 0 spiro atoms. The molecule has 0 heterocycles. The maximum atomic E-state index is 6.29. The van der Waals surface area contributed by atoms with E-state index in [4.69, 9.17) is 5.73 Å². The predicted molar refractivity (Wildman–Crippen MR) is 72.9 cm³/mol. The highest BCUT2D eigenvalue weighted by atomic mass is 14.7. The van der Waals surface area contributed by atoms with Crippen molar-refractivity contribution < 1.29 is 0 Å². The Kier molecular flexibility index (Phi) is 2.64. The number of nitrogens with two attached hydrogens (primary N) is 1. The van der Waals surface area contributed by atoms with E-state index in [-0.39, 0.29) is 0 Å². The lowest BCUT2D eigenvalue weighted by atomic mass is 9.97. The molecule has 1 aliphatic rings. The summed E-state index contributed by atoms with van der Waals surface area (Å²) in [5.74, 6) is 1.58. The normalized spacial score (nSPS) is 24.8. The Morgan fingerprint density at radius 3 is 2.65 bits per heavy atom. The van der Waals surface area contributed by atoms with Crippen LogP contribution in [0.15, 0.2) is 42.5 Å². The number of benzene rings is 2. The molecule has 17 heavy (non-hydrogen) atoms. The lowest BCUT2D eigenvalue weighted by Gasteiger charge is -2.13. The SMILES string of the molecule is CC1CC1C(N)Cc1cccc2ccccc12. The number of hydrogen-bond donors (Lipinski definition) is 1. The summed E-state index contributed by atoms with van der Waals surface area (Å²) in [4.78, 5) is 0. The zero-order valence-electron chi connectivity index (χ0n) is 10.3. The highest BCUT2D eigenvalue weighted by molar-refractivity contribution is 5.85. The summed E-state index contributed by atoms with van der Waals surface area (Å²) in [5.41, 5.74) is 7.69. The molecule has 3 atom stereocenters. The Morgan fingerprint density at radius 2 is 1.88 bits per heavy atom. The molecule has 2 aromatic carbocycles. The first-order chi connectivity index (χ1) is 8.25. The van der Waals surface area contributed by atoms with Crippen molar-refractivity contribution in [2.45, 2.75) is 25.8 Å². The highest BCUT2D eigenvalue weighted by Gasteiger charge is 2.37. The minimum atomic E-state index is 0.329. The van der Waals surface area contributed by atoms with Gasteiger partial charge in [0.05, 0.1) is 0 Å². The molecular weight excluding hydrogens is 206 g/mol. The molecule has 3 rings (SSSR count). The van der Waals surface area contributed by atoms with Crippen LogP contribution in [0.25, 0.3) is 10.8 Å². The average Bonchev–Trinajstić information content (AvgIpc) is 3.07. The molecule has 2 aromatic rings. The van der Waals surface area contributed by atoms with E-state index in [9.17, 15) is 0 Å². The molecule has 3 unspecified atom stereocenters. The Morgan fingerprint density at radius 1 is 1.18 bits per heavy atom. The maximum Gasteiger partial charge on any atom is 0.0111 e. The molecule has 1 saturated carbocycles. The van der Waals surface area contributed by atoms with Gasteiger partial charge in [0.1, 0.15) is 0 Å². The molecule has 1 aliphatic carbocycles. The van der Waals surface area contributed by atoms with E-state index in [0.29, 0.717) is 6.04 Å². The van der Waals surface area contributed by atoms with Crippen LogP contribution in [0, 0.1) is 11.8 Å². The quantitative estimate of drug-likeness (QED) is 0.851. The third kappa shape index (κ3) is 2.07. The van der Waals surface area contributed by atoms with Crippen LogP contribution in [0.2, 0.25) is 0 Å². The van der Waals surface area contributed by atoms with E-state index in [0.717, 1.165) is 18.3 Å². The van der Waals surface area contributed by atoms with Gasteiger partial charge < -0.3 is 5.73 Å². The van der Waals surface area contributed by atoms with Gasteiger partial charge in [-0.05, 0) is 41.0 Å². The second-order valence-corrected chi connectivity index (χ2v) is 5.38. The summed E-state index contributed by atoms with van der Waals surface area (Å²) in [6.07, 6.45) is 2.32. The molecule has 0 bridgehead atoms. The second kappa shape index (κ2) is 4.15. The Labute approximate surface area is 103 Å². The largest absolute Gasteiger partial charge is 0.327 e. The minimum absolute atomic E-state index is 0.329. The molecule has 88 valence electrons. The molecule has 0 amide bonds. The van der Waals surface area contributed by atoms with Crippen LogP contribution in [-0.4, -0.2) is 6.04 Å². The fraction of sp³-hybridized carbons (Fsp3) is 0.375. The fourth-order valence-corrected chi connectivity index (χ4v) is 2.82. The molecule has 1 nitrogen and oxygen atoms in total. The average molecular weight is 225 g/mol. The van der Waals surface area contributed by atoms with Gasteiger partial charge in [-0.15, -0.1) is 0 Å².